The Morgan fingerprint density at radius 1 is 1.19 bits per heavy atom. The Morgan fingerprint density at radius 2 is 2.03 bits per heavy atom. The molecule has 1 atom stereocenters. The molecule has 1 N–H and O–H groups in total. The summed E-state index contributed by atoms with van der Waals surface area (Å²) < 4.78 is 16.9. The molecule has 0 spiro atoms. The summed E-state index contributed by atoms with van der Waals surface area (Å²) in [5.74, 6) is 0.369. The molecule has 1 aliphatic rings. The van der Waals surface area contributed by atoms with Gasteiger partial charge >= 0.3 is 0 Å². The maximum Gasteiger partial charge on any atom is 0.272 e. The van der Waals surface area contributed by atoms with Crippen molar-refractivity contribution in [1.82, 2.24) is 34.8 Å². The average Bonchev–Trinajstić information content (AvgIpc) is 3.57. The van der Waals surface area contributed by atoms with Gasteiger partial charge in [-0.25, -0.2) is 9.49 Å². The van der Waals surface area contributed by atoms with Gasteiger partial charge in [0.25, 0.3) is 11.5 Å². The predicted octanol–water partition coefficient (Wildman–Crippen LogP) is 3.59. The highest BCUT2D eigenvalue weighted by Gasteiger charge is 2.31. The minimum Gasteiger partial charge on any atom is -0.329 e. The van der Waals surface area contributed by atoms with Crippen molar-refractivity contribution in [2.45, 2.75) is 25.9 Å². The van der Waals surface area contributed by atoms with Gasteiger partial charge in [-0.05, 0) is 30.7 Å². The zero-order chi connectivity index (χ0) is 24.8. The first-order chi connectivity index (χ1) is 17.5. The van der Waals surface area contributed by atoms with E-state index in [4.69, 9.17) is 0 Å². The molecule has 0 bridgehead atoms. The highest BCUT2D eigenvalue weighted by atomic mass is 32.1. The van der Waals surface area contributed by atoms with Crippen molar-refractivity contribution in [3.63, 3.8) is 0 Å². The van der Waals surface area contributed by atoms with E-state index >= 15 is 0 Å². The van der Waals surface area contributed by atoms with Crippen molar-refractivity contribution >= 4 is 28.0 Å². The van der Waals surface area contributed by atoms with Gasteiger partial charge in [0.15, 0.2) is 11.6 Å². The number of fused-ring (bicyclic) bond motifs is 2. The Labute approximate surface area is 208 Å². The molecule has 1 unspecified atom stereocenters. The summed E-state index contributed by atoms with van der Waals surface area (Å²) in [5.41, 5.74) is 2.82. The highest BCUT2D eigenvalue weighted by Crippen LogP contribution is 2.30. The number of rotatable bonds is 4. The van der Waals surface area contributed by atoms with Crippen LogP contribution in [-0.2, 0) is 13.0 Å². The zero-order valence-corrected chi connectivity index (χ0v) is 20.0. The number of nitrogens with one attached hydrogen (secondary N) is 1. The van der Waals surface area contributed by atoms with Gasteiger partial charge in [-0.3, -0.25) is 14.6 Å². The van der Waals surface area contributed by atoms with Crippen molar-refractivity contribution in [3.05, 3.63) is 93.0 Å². The molecule has 180 valence electrons. The molecule has 0 saturated heterocycles. The quantitative estimate of drug-likeness (QED) is 0.403. The van der Waals surface area contributed by atoms with Crippen molar-refractivity contribution in [3.8, 4) is 10.7 Å². The molecule has 2 aromatic carbocycles. The average molecular weight is 502 g/mol. The second-order valence-electron chi connectivity index (χ2n) is 8.75. The molecule has 0 saturated carbocycles. The minimum atomic E-state index is -0.590. The number of halogens is 1. The molecular formula is C25H20FN7O2S. The Kier molecular flexibility index (Phi) is 5.41. The maximum absolute atomic E-state index is 14.9. The van der Waals surface area contributed by atoms with E-state index in [0.29, 0.717) is 35.4 Å². The van der Waals surface area contributed by atoms with Crippen LogP contribution in [0.3, 0.4) is 0 Å². The molecule has 6 rings (SSSR count). The highest BCUT2D eigenvalue weighted by molar-refractivity contribution is 7.13. The topological polar surface area (TPSA) is 110 Å². The standard InChI is InChI=1S/C25H20FN7O2S/c1-14-11-32(12-22-29-30-23(33(14)22)21-10-27-13-36-21)25(35)18-8-15(6-7-19(18)26)9-20-16-4-2-3-5-17(16)24(34)31-28-20/h2-8,10,13-14H,9,11-12H2,1H3,(H,31,34). The van der Waals surface area contributed by atoms with Gasteiger partial charge < -0.3 is 9.47 Å². The minimum absolute atomic E-state index is 0.0101. The number of aromatic amines is 1. The summed E-state index contributed by atoms with van der Waals surface area (Å²) in [6.45, 7) is 2.60. The molecule has 11 heteroatoms. The van der Waals surface area contributed by atoms with E-state index in [9.17, 15) is 14.0 Å². The van der Waals surface area contributed by atoms with Crippen LogP contribution in [0.2, 0.25) is 0 Å². The van der Waals surface area contributed by atoms with Gasteiger partial charge in [0.2, 0.25) is 0 Å². The van der Waals surface area contributed by atoms with Crippen molar-refractivity contribution in [1.29, 1.82) is 0 Å². The van der Waals surface area contributed by atoms with Crippen LogP contribution in [0, 0.1) is 5.82 Å². The van der Waals surface area contributed by atoms with Crippen LogP contribution < -0.4 is 5.56 Å². The van der Waals surface area contributed by atoms with E-state index in [1.165, 1.54) is 17.4 Å². The van der Waals surface area contributed by atoms with E-state index in [1.807, 2.05) is 23.6 Å². The molecule has 0 aliphatic carbocycles. The van der Waals surface area contributed by atoms with Crippen LogP contribution in [-0.4, -0.2) is 47.3 Å². The predicted molar refractivity (Wildman–Crippen MR) is 132 cm³/mol. The van der Waals surface area contributed by atoms with E-state index in [2.05, 4.69) is 25.4 Å². The van der Waals surface area contributed by atoms with Crippen LogP contribution in [0.1, 0.15) is 40.4 Å². The summed E-state index contributed by atoms with van der Waals surface area (Å²) in [6.07, 6.45) is 2.08. The van der Waals surface area contributed by atoms with Gasteiger partial charge in [0.05, 0.1) is 39.6 Å². The van der Waals surface area contributed by atoms with Crippen LogP contribution >= 0.6 is 11.3 Å². The fourth-order valence-electron chi connectivity index (χ4n) is 4.70. The first kappa shape index (κ1) is 22.2. The number of benzene rings is 2. The summed E-state index contributed by atoms with van der Waals surface area (Å²) in [5, 5.41) is 16.6. The lowest BCUT2D eigenvalue weighted by atomic mass is 10.0. The number of carbonyl (C=O) groups excluding carboxylic acids is 1. The summed E-state index contributed by atoms with van der Waals surface area (Å²) in [6, 6.07) is 11.6. The largest absolute Gasteiger partial charge is 0.329 e. The smallest absolute Gasteiger partial charge is 0.272 e. The molecule has 5 aromatic rings. The summed E-state index contributed by atoms with van der Waals surface area (Å²) in [7, 11) is 0. The normalized spacial score (nSPS) is 15.3. The Bertz CT molecular complexity index is 1660. The van der Waals surface area contributed by atoms with E-state index in [-0.39, 0.29) is 23.7 Å². The number of H-pyrrole nitrogens is 1. The Morgan fingerprint density at radius 3 is 2.83 bits per heavy atom. The van der Waals surface area contributed by atoms with Crippen LogP contribution in [0.4, 0.5) is 4.39 Å². The third-order valence-electron chi connectivity index (χ3n) is 6.37. The number of hydrogen-bond acceptors (Lipinski definition) is 7. The Balaban J connectivity index is 1.29. The Hall–Kier alpha value is -4.25. The lowest BCUT2D eigenvalue weighted by Gasteiger charge is -2.32. The summed E-state index contributed by atoms with van der Waals surface area (Å²) >= 11 is 1.48. The van der Waals surface area contributed by atoms with Crippen LogP contribution in [0.25, 0.3) is 21.5 Å². The van der Waals surface area contributed by atoms with Gasteiger partial charge in [0.1, 0.15) is 5.82 Å². The van der Waals surface area contributed by atoms with E-state index in [1.54, 1.807) is 40.9 Å². The molecule has 9 nitrogen and oxygen atoms in total. The number of hydrogen-bond donors (Lipinski definition) is 1. The molecule has 0 fully saturated rings. The fraction of sp³-hybridized carbons (Fsp3) is 0.200. The van der Waals surface area contributed by atoms with Crippen molar-refractivity contribution in [2.24, 2.45) is 0 Å². The maximum atomic E-state index is 14.9. The second-order valence-corrected chi connectivity index (χ2v) is 9.63. The van der Waals surface area contributed by atoms with Crippen LogP contribution in [0.15, 0.2) is 59.0 Å². The first-order valence-electron chi connectivity index (χ1n) is 11.4. The van der Waals surface area contributed by atoms with Crippen LogP contribution in [0.5, 0.6) is 0 Å². The molecule has 1 aliphatic heterocycles. The lowest BCUT2D eigenvalue weighted by Crippen LogP contribution is -2.40. The van der Waals surface area contributed by atoms with Gasteiger partial charge in [-0.1, -0.05) is 24.3 Å². The number of aromatic nitrogens is 6. The third kappa shape index (κ3) is 3.77. The fourth-order valence-corrected chi connectivity index (χ4v) is 5.30. The zero-order valence-electron chi connectivity index (χ0n) is 19.2. The number of thiazole rings is 1. The number of nitrogens with zero attached hydrogens (tertiary/aromatic N) is 6. The first-order valence-corrected chi connectivity index (χ1v) is 12.2. The number of amides is 1. The molecule has 4 heterocycles. The van der Waals surface area contributed by atoms with Crippen molar-refractivity contribution in [2.75, 3.05) is 6.54 Å². The van der Waals surface area contributed by atoms with Crippen molar-refractivity contribution < 1.29 is 9.18 Å². The SMILES string of the molecule is CC1CN(C(=O)c2cc(Cc3n[nH]c(=O)c4ccccc34)ccc2F)Cc2nnc(-c3cncs3)n21. The van der Waals surface area contributed by atoms with E-state index in [0.717, 1.165) is 16.1 Å². The number of carbonyl (C=O) groups is 1. The molecule has 0 radical (unpaired) electrons. The van der Waals surface area contributed by atoms with E-state index < -0.39 is 11.7 Å². The second kappa shape index (κ2) is 8.76. The molecule has 3 aromatic heterocycles. The molecular weight excluding hydrogens is 481 g/mol. The molecule has 36 heavy (non-hydrogen) atoms. The monoisotopic (exact) mass is 501 g/mol. The molecule has 1 amide bonds. The summed E-state index contributed by atoms with van der Waals surface area (Å²) in [4.78, 5) is 32.1. The van der Waals surface area contributed by atoms with Gasteiger partial charge in [-0.2, -0.15) is 5.10 Å². The third-order valence-corrected chi connectivity index (χ3v) is 7.14. The van der Waals surface area contributed by atoms with Gasteiger partial charge in [0, 0.05) is 24.5 Å². The lowest BCUT2D eigenvalue weighted by molar-refractivity contribution is 0.0677. The van der Waals surface area contributed by atoms with Gasteiger partial charge in [-0.15, -0.1) is 21.5 Å².